The standard InChI is InChI=1S/C20H20N2O6S/c1-15-11-18(7-8-19(15)22(24)25)28-13-20(23)21(12-16-5-3-2-4-6-16)17-9-10-29(26,27)14-17/h2-11,17H,12-14H2,1H3/t17-/m0/s1. The molecule has 1 aliphatic rings. The number of nitro groups is 1. The van der Waals surface area contributed by atoms with Gasteiger partial charge in [0.2, 0.25) is 0 Å². The smallest absolute Gasteiger partial charge is 0.272 e. The first-order chi connectivity index (χ1) is 13.7. The number of rotatable bonds is 7. The van der Waals surface area contributed by atoms with E-state index in [1.54, 1.807) is 6.92 Å². The third kappa shape index (κ3) is 5.20. The number of hydrogen-bond acceptors (Lipinski definition) is 6. The molecule has 0 saturated carbocycles. The Labute approximate surface area is 168 Å². The molecular weight excluding hydrogens is 396 g/mol. The van der Waals surface area contributed by atoms with Crippen molar-refractivity contribution in [1.29, 1.82) is 0 Å². The van der Waals surface area contributed by atoms with Crippen LogP contribution in [0.5, 0.6) is 5.75 Å². The molecule has 1 heterocycles. The number of sulfone groups is 1. The van der Waals surface area contributed by atoms with E-state index in [4.69, 9.17) is 4.74 Å². The Balaban J connectivity index is 1.73. The Morgan fingerprint density at radius 3 is 2.55 bits per heavy atom. The van der Waals surface area contributed by atoms with Crippen LogP contribution in [0.2, 0.25) is 0 Å². The molecule has 0 unspecified atom stereocenters. The topological polar surface area (TPSA) is 107 Å². The second kappa shape index (κ2) is 8.44. The maximum absolute atomic E-state index is 12.8. The summed E-state index contributed by atoms with van der Waals surface area (Å²) in [5.74, 6) is -0.213. The van der Waals surface area contributed by atoms with E-state index in [2.05, 4.69) is 0 Å². The zero-order valence-electron chi connectivity index (χ0n) is 15.7. The monoisotopic (exact) mass is 416 g/mol. The number of aryl methyl sites for hydroxylation is 1. The predicted octanol–water partition coefficient (Wildman–Crippen LogP) is 2.62. The minimum Gasteiger partial charge on any atom is -0.484 e. The molecule has 2 aromatic rings. The molecule has 29 heavy (non-hydrogen) atoms. The molecule has 0 radical (unpaired) electrons. The van der Waals surface area contributed by atoms with E-state index in [-0.39, 0.29) is 30.5 Å². The van der Waals surface area contributed by atoms with Gasteiger partial charge in [-0.15, -0.1) is 0 Å². The Bertz CT molecular complexity index is 1050. The number of benzene rings is 2. The molecule has 0 spiro atoms. The zero-order valence-corrected chi connectivity index (χ0v) is 16.5. The lowest BCUT2D eigenvalue weighted by Gasteiger charge is -2.27. The van der Waals surface area contributed by atoms with Gasteiger partial charge in [0.15, 0.2) is 16.4 Å². The molecule has 0 fully saturated rings. The van der Waals surface area contributed by atoms with E-state index in [9.17, 15) is 23.3 Å². The van der Waals surface area contributed by atoms with Crippen LogP contribution in [-0.2, 0) is 21.2 Å². The maximum atomic E-state index is 12.8. The van der Waals surface area contributed by atoms with Crippen molar-refractivity contribution in [3.05, 3.63) is 81.3 Å². The molecule has 0 aromatic heterocycles. The van der Waals surface area contributed by atoms with E-state index in [1.807, 2.05) is 30.3 Å². The second-order valence-corrected chi connectivity index (χ2v) is 8.66. The molecule has 1 aliphatic heterocycles. The summed E-state index contributed by atoms with van der Waals surface area (Å²) >= 11 is 0. The van der Waals surface area contributed by atoms with Crippen molar-refractivity contribution in [3.63, 3.8) is 0 Å². The van der Waals surface area contributed by atoms with Crippen molar-refractivity contribution in [2.24, 2.45) is 0 Å². The number of carbonyl (C=O) groups is 1. The molecule has 3 rings (SSSR count). The predicted molar refractivity (Wildman–Crippen MR) is 107 cm³/mol. The molecule has 0 N–H and O–H groups in total. The normalized spacial score (nSPS) is 17.1. The minimum atomic E-state index is -3.33. The summed E-state index contributed by atoms with van der Waals surface area (Å²) in [6, 6.07) is 12.9. The fourth-order valence-corrected chi connectivity index (χ4v) is 4.37. The van der Waals surface area contributed by atoms with Crippen LogP contribution in [0.25, 0.3) is 0 Å². The van der Waals surface area contributed by atoms with Gasteiger partial charge in [-0.05, 0) is 30.7 Å². The highest BCUT2D eigenvalue weighted by atomic mass is 32.2. The van der Waals surface area contributed by atoms with Crippen molar-refractivity contribution in [2.45, 2.75) is 19.5 Å². The highest BCUT2D eigenvalue weighted by molar-refractivity contribution is 7.94. The van der Waals surface area contributed by atoms with Crippen molar-refractivity contribution in [1.82, 2.24) is 4.90 Å². The van der Waals surface area contributed by atoms with Crippen molar-refractivity contribution in [2.75, 3.05) is 12.4 Å². The summed E-state index contributed by atoms with van der Waals surface area (Å²) in [5, 5.41) is 12.0. The number of ether oxygens (including phenoxy) is 1. The van der Waals surface area contributed by atoms with Crippen LogP contribution in [-0.4, -0.2) is 42.5 Å². The van der Waals surface area contributed by atoms with E-state index in [0.717, 1.165) is 11.0 Å². The van der Waals surface area contributed by atoms with Crippen LogP contribution in [0, 0.1) is 17.0 Å². The van der Waals surface area contributed by atoms with Gasteiger partial charge in [-0.2, -0.15) is 0 Å². The van der Waals surface area contributed by atoms with E-state index >= 15 is 0 Å². The Morgan fingerprint density at radius 2 is 1.97 bits per heavy atom. The number of hydrogen-bond donors (Lipinski definition) is 0. The number of nitrogens with zero attached hydrogens (tertiary/aromatic N) is 2. The minimum absolute atomic E-state index is 0.0318. The Kier molecular flexibility index (Phi) is 5.97. The van der Waals surface area contributed by atoms with E-state index in [0.29, 0.717) is 11.3 Å². The summed E-state index contributed by atoms with van der Waals surface area (Å²) in [7, 11) is -3.33. The number of amides is 1. The SMILES string of the molecule is Cc1cc(OCC(=O)N(Cc2ccccc2)[C@H]2C=CS(=O)(=O)C2)ccc1[N+](=O)[O-]. The summed E-state index contributed by atoms with van der Waals surface area (Å²) in [6.45, 7) is 1.52. The van der Waals surface area contributed by atoms with Gasteiger partial charge in [0.1, 0.15) is 5.75 Å². The van der Waals surface area contributed by atoms with Crippen molar-refractivity contribution < 1.29 is 22.9 Å². The Morgan fingerprint density at radius 1 is 1.24 bits per heavy atom. The molecule has 2 aromatic carbocycles. The average Bonchev–Trinajstić information content (AvgIpc) is 3.04. The molecule has 0 bridgehead atoms. The molecule has 1 atom stereocenters. The van der Waals surface area contributed by atoms with Crippen LogP contribution < -0.4 is 4.74 Å². The van der Waals surface area contributed by atoms with Gasteiger partial charge < -0.3 is 9.64 Å². The number of carbonyl (C=O) groups excluding carboxylic acids is 1. The van der Waals surface area contributed by atoms with Gasteiger partial charge in [0, 0.05) is 23.6 Å². The van der Waals surface area contributed by atoms with E-state index in [1.165, 1.54) is 29.2 Å². The van der Waals surface area contributed by atoms with Gasteiger partial charge in [-0.25, -0.2) is 8.42 Å². The first kappa shape index (κ1) is 20.5. The lowest BCUT2D eigenvalue weighted by molar-refractivity contribution is -0.385. The van der Waals surface area contributed by atoms with Crippen LogP contribution >= 0.6 is 0 Å². The van der Waals surface area contributed by atoms with Crippen molar-refractivity contribution >= 4 is 21.4 Å². The lowest BCUT2D eigenvalue weighted by Crippen LogP contribution is -2.42. The lowest BCUT2D eigenvalue weighted by atomic mass is 10.1. The first-order valence-electron chi connectivity index (χ1n) is 8.87. The third-order valence-corrected chi connectivity index (χ3v) is 5.93. The summed E-state index contributed by atoms with van der Waals surface area (Å²) < 4.78 is 29.2. The quantitative estimate of drug-likeness (QED) is 0.507. The highest BCUT2D eigenvalue weighted by Gasteiger charge is 2.30. The van der Waals surface area contributed by atoms with E-state index < -0.39 is 20.8 Å². The zero-order chi connectivity index (χ0) is 21.0. The van der Waals surface area contributed by atoms with Gasteiger partial charge in [-0.3, -0.25) is 14.9 Å². The summed E-state index contributed by atoms with van der Waals surface area (Å²) in [5.41, 5.74) is 1.26. The van der Waals surface area contributed by atoms with Gasteiger partial charge >= 0.3 is 0 Å². The van der Waals surface area contributed by atoms with Crippen LogP contribution in [0.3, 0.4) is 0 Å². The molecule has 0 aliphatic carbocycles. The fourth-order valence-electron chi connectivity index (χ4n) is 3.07. The first-order valence-corrected chi connectivity index (χ1v) is 10.6. The highest BCUT2D eigenvalue weighted by Crippen LogP contribution is 2.23. The third-order valence-electron chi connectivity index (χ3n) is 4.55. The fraction of sp³-hybridized carbons (Fsp3) is 0.250. The molecule has 152 valence electrons. The Hall–Kier alpha value is -3.20. The number of nitro benzene ring substituents is 1. The van der Waals surface area contributed by atoms with Crippen LogP contribution in [0.1, 0.15) is 11.1 Å². The maximum Gasteiger partial charge on any atom is 0.272 e. The molecule has 9 heteroatoms. The molecule has 8 nitrogen and oxygen atoms in total. The van der Waals surface area contributed by atoms with Crippen LogP contribution in [0.15, 0.2) is 60.0 Å². The largest absolute Gasteiger partial charge is 0.484 e. The summed E-state index contributed by atoms with van der Waals surface area (Å²) in [6.07, 6.45) is 1.51. The average molecular weight is 416 g/mol. The van der Waals surface area contributed by atoms with Gasteiger partial charge in [-0.1, -0.05) is 30.3 Å². The molecule has 1 amide bonds. The summed E-state index contributed by atoms with van der Waals surface area (Å²) in [4.78, 5) is 24.7. The molecular formula is C20H20N2O6S. The van der Waals surface area contributed by atoms with Gasteiger partial charge in [0.05, 0.1) is 16.7 Å². The van der Waals surface area contributed by atoms with Crippen molar-refractivity contribution in [3.8, 4) is 5.75 Å². The molecule has 0 saturated heterocycles. The second-order valence-electron chi connectivity index (χ2n) is 6.73. The van der Waals surface area contributed by atoms with Crippen LogP contribution in [0.4, 0.5) is 5.69 Å². The van der Waals surface area contributed by atoms with Gasteiger partial charge in [0.25, 0.3) is 11.6 Å².